The number of hydrogen-bond acceptors (Lipinski definition) is 8. The molecule has 45 heavy (non-hydrogen) atoms. The molecular formula is C33H48N4O8. The highest BCUT2D eigenvalue weighted by Crippen LogP contribution is 2.47. The van der Waals surface area contributed by atoms with E-state index in [2.05, 4.69) is 5.32 Å². The number of nitrogens with zero attached hydrogens (tertiary/aromatic N) is 3. The molecule has 3 aliphatic rings. The molecule has 0 unspecified atom stereocenters. The fourth-order valence-electron chi connectivity index (χ4n) is 6.12. The van der Waals surface area contributed by atoms with Crippen LogP contribution in [0.25, 0.3) is 0 Å². The van der Waals surface area contributed by atoms with Crippen LogP contribution < -0.4 is 15.0 Å². The highest BCUT2D eigenvalue weighted by Gasteiger charge is 2.52. The van der Waals surface area contributed by atoms with Crippen molar-refractivity contribution in [2.75, 3.05) is 31.1 Å². The van der Waals surface area contributed by atoms with Crippen molar-refractivity contribution in [3.8, 4) is 5.75 Å². The van der Waals surface area contributed by atoms with E-state index >= 15 is 0 Å². The minimum atomic E-state index is -1.03. The lowest BCUT2D eigenvalue weighted by Crippen LogP contribution is -2.61. The van der Waals surface area contributed by atoms with Crippen molar-refractivity contribution >= 4 is 35.5 Å². The Labute approximate surface area is 265 Å². The Hall–Kier alpha value is -3.83. The number of ether oxygens (including phenoxy) is 3. The van der Waals surface area contributed by atoms with E-state index < -0.39 is 24.0 Å². The Kier molecular flexibility index (Phi) is 10.7. The Morgan fingerprint density at radius 3 is 2.40 bits per heavy atom. The van der Waals surface area contributed by atoms with Crippen LogP contribution in [0.1, 0.15) is 96.0 Å². The maximum absolute atomic E-state index is 14.3. The number of anilines is 1. The standard InChI is InChI=1S/C33H48N4O8/c1-8-28(38)34-14-16-36-26-18-25(22(6)17-27(26)45-33(31(36)41)12-10-13-33)29(39)37(21(4)5)24-11-9-15-35(19-24)32(42)44-23(7)43-30(40)20(2)3/h17-18,20-21,23-24H,8-16,19H2,1-7H3,(H,34,38)/t23-,24+/m0/s1. The summed E-state index contributed by atoms with van der Waals surface area (Å²) < 4.78 is 16.9. The molecule has 4 rings (SSSR count). The molecular weight excluding hydrogens is 580 g/mol. The molecule has 2 atom stereocenters. The Bertz CT molecular complexity index is 1310. The van der Waals surface area contributed by atoms with Crippen LogP contribution in [0.4, 0.5) is 10.5 Å². The van der Waals surface area contributed by atoms with Crippen LogP contribution in [0.5, 0.6) is 5.75 Å². The van der Waals surface area contributed by atoms with Gasteiger partial charge in [0.2, 0.25) is 12.2 Å². The number of fused-ring (bicyclic) bond motifs is 1. The van der Waals surface area contributed by atoms with Crippen molar-refractivity contribution in [3.05, 3.63) is 23.3 Å². The summed E-state index contributed by atoms with van der Waals surface area (Å²) in [5.74, 6) is -0.701. The second-order valence-corrected chi connectivity index (χ2v) is 12.8. The van der Waals surface area contributed by atoms with Crippen molar-refractivity contribution in [1.82, 2.24) is 15.1 Å². The predicted octanol–water partition coefficient (Wildman–Crippen LogP) is 4.17. The van der Waals surface area contributed by atoms with E-state index in [1.54, 1.807) is 41.5 Å². The number of nitrogens with one attached hydrogen (secondary N) is 1. The summed E-state index contributed by atoms with van der Waals surface area (Å²) in [6.07, 6.45) is 2.24. The first-order valence-electron chi connectivity index (χ1n) is 16.2. The lowest BCUT2D eigenvalue weighted by molar-refractivity contribution is -0.170. The summed E-state index contributed by atoms with van der Waals surface area (Å²) in [6, 6.07) is 3.10. The summed E-state index contributed by atoms with van der Waals surface area (Å²) in [6.45, 7) is 13.7. The molecule has 2 heterocycles. The van der Waals surface area contributed by atoms with E-state index in [1.807, 2.05) is 26.8 Å². The first-order chi connectivity index (χ1) is 21.3. The number of rotatable bonds is 10. The molecule has 0 aromatic heterocycles. The fraction of sp³-hybridized carbons (Fsp3) is 0.667. The molecule has 1 N–H and O–H groups in total. The molecule has 1 saturated carbocycles. The normalized spacial score (nSPS) is 19.4. The molecule has 12 nitrogen and oxygen atoms in total. The molecule has 2 fully saturated rings. The quantitative estimate of drug-likeness (QED) is 0.302. The minimum Gasteiger partial charge on any atom is -0.475 e. The van der Waals surface area contributed by atoms with Crippen molar-refractivity contribution in [1.29, 1.82) is 0 Å². The Morgan fingerprint density at radius 2 is 1.80 bits per heavy atom. The first kappa shape index (κ1) is 34.1. The van der Waals surface area contributed by atoms with Gasteiger partial charge in [0.05, 0.1) is 17.6 Å². The van der Waals surface area contributed by atoms with Gasteiger partial charge in [-0.05, 0) is 70.6 Å². The monoisotopic (exact) mass is 628 g/mol. The summed E-state index contributed by atoms with van der Waals surface area (Å²) >= 11 is 0. The van der Waals surface area contributed by atoms with Crippen molar-refractivity contribution in [3.63, 3.8) is 0 Å². The number of benzene rings is 1. The molecule has 1 aromatic rings. The van der Waals surface area contributed by atoms with Crippen LogP contribution in [0.15, 0.2) is 12.1 Å². The average molecular weight is 629 g/mol. The molecule has 1 aliphatic carbocycles. The van der Waals surface area contributed by atoms with Gasteiger partial charge >= 0.3 is 12.1 Å². The number of aryl methyl sites for hydroxylation is 1. The van der Waals surface area contributed by atoms with E-state index in [9.17, 15) is 24.0 Å². The van der Waals surface area contributed by atoms with E-state index in [1.165, 1.54) is 6.92 Å². The molecule has 248 valence electrons. The van der Waals surface area contributed by atoms with Gasteiger partial charge in [-0.1, -0.05) is 20.8 Å². The number of hydrogen-bond donors (Lipinski definition) is 1. The number of esters is 1. The molecule has 12 heteroatoms. The van der Waals surface area contributed by atoms with Crippen LogP contribution in [-0.4, -0.2) is 89.7 Å². The third kappa shape index (κ3) is 7.36. The molecule has 0 bridgehead atoms. The predicted molar refractivity (Wildman–Crippen MR) is 167 cm³/mol. The summed E-state index contributed by atoms with van der Waals surface area (Å²) in [4.78, 5) is 69.7. The second kappa shape index (κ2) is 14.1. The third-order valence-electron chi connectivity index (χ3n) is 8.77. The molecule has 1 spiro atoms. The van der Waals surface area contributed by atoms with E-state index in [0.717, 1.165) is 12.0 Å². The van der Waals surface area contributed by atoms with Gasteiger partial charge in [-0.25, -0.2) is 4.79 Å². The van der Waals surface area contributed by atoms with Gasteiger partial charge in [0.1, 0.15) is 5.75 Å². The Morgan fingerprint density at radius 1 is 1.09 bits per heavy atom. The zero-order valence-corrected chi connectivity index (χ0v) is 27.6. The number of likely N-dealkylation sites (tertiary alicyclic amines) is 1. The van der Waals surface area contributed by atoms with Crippen molar-refractivity contribution in [2.45, 2.75) is 111 Å². The van der Waals surface area contributed by atoms with Crippen LogP contribution in [-0.2, 0) is 23.9 Å². The topological polar surface area (TPSA) is 135 Å². The summed E-state index contributed by atoms with van der Waals surface area (Å²) in [7, 11) is 0. The van der Waals surface area contributed by atoms with Crippen LogP contribution in [0, 0.1) is 12.8 Å². The fourth-order valence-corrected chi connectivity index (χ4v) is 6.12. The summed E-state index contributed by atoms with van der Waals surface area (Å²) in [5, 5.41) is 2.84. The van der Waals surface area contributed by atoms with Crippen molar-refractivity contribution < 1.29 is 38.2 Å². The lowest BCUT2D eigenvalue weighted by atomic mass is 9.77. The maximum Gasteiger partial charge on any atom is 0.412 e. The van der Waals surface area contributed by atoms with Gasteiger partial charge in [-0.3, -0.25) is 19.2 Å². The number of piperidine rings is 1. The second-order valence-electron chi connectivity index (χ2n) is 12.8. The average Bonchev–Trinajstić information content (AvgIpc) is 2.96. The van der Waals surface area contributed by atoms with E-state index in [0.29, 0.717) is 55.6 Å². The largest absolute Gasteiger partial charge is 0.475 e. The smallest absolute Gasteiger partial charge is 0.412 e. The number of carbonyl (C=O) groups is 5. The highest BCUT2D eigenvalue weighted by molar-refractivity contribution is 6.05. The van der Waals surface area contributed by atoms with Gasteiger partial charge in [0, 0.05) is 51.1 Å². The molecule has 4 amide bonds. The zero-order chi connectivity index (χ0) is 33.1. The van der Waals surface area contributed by atoms with E-state index in [4.69, 9.17) is 14.2 Å². The third-order valence-corrected chi connectivity index (χ3v) is 8.77. The molecule has 0 radical (unpaired) electrons. The van der Waals surface area contributed by atoms with Crippen LogP contribution >= 0.6 is 0 Å². The van der Waals surface area contributed by atoms with Gasteiger partial charge in [0.25, 0.3) is 11.8 Å². The zero-order valence-electron chi connectivity index (χ0n) is 27.6. The molecule has 1 saturated heterocycles. The Balaban J connectivity index is 1.55. The lowest BCUT2D eigenvalue weighted by Gasteiger charge is -2.47. The highest BCUT2D eigenvalue weighted by atomic mass is 16.7. The summed E-state index contributed by atoms with van der Waals surface area (Å²) in [5.41, 5.74) is 0.786. The molecule has 1 aromatic carbocycles. The first-order valence-corrected chi connectivity index (χ1v) is 16.2. The number of amides is 4. The van der Waals surface area contributed by atoms with Crippen molar-refractivity contribution in [2.24, 2.45) is 5.92 Å². The van der Waals surface area contributed by atoms with Gasteiger partial charge in [-0.2, -0.15) is 0 Å². The molecule has 2 aliphatic heterocycles. The maximum atomic E-state index is 14.3. The minimum absolute atomic E-state index is 0.0990. The van der Waals surface area contributed by atoms with Crippen LogP contribution in [0.2, 0.25) is 0 Å². The van der Waals surface area contributed by atoms with Gasteiger partial charge < -0.3 is 34.2 Å². The van der Waals surface area contributed by atoms with E-state index in [-0.39, 0.29) is 55.4 Å². The van der Waals surface area contributed by atoms with Crippen LogP contribution in [0.3, 0.4) is 0 Å². The SMILES string of the molecule is CCC(=O)NCCN1C(=O)C2(CCC2)Oc2cc(C)c(C(=O)N(C(C)C)[C@@H]3CCCN(C(=O)O[C@@H](C)OC(=O)C(C)C)C3)cc21. The van der Waals surface area contributed by atoms with Gasteiger partial charge in [0.15, 0.2) is 5.60 Å². The number of carbonyl (C=O) groups excluding carboxylic acids is 5. The van der Waals surface area contributed by atoms with Gasteiger partial charge in [-0.15, -0.1) is 0 Å².